The molecule has 0 bridgehead atoms. The Kier molecular flexibility index (Phi) is 5.78. The highest BCUT2D eigenvalue weighted by molar-refractivity contribution is 9.10. The number of nitrogens with two attached hydrogens (primary N) is 1. The van der Waals surface area contributed by atoms with Crippen LogP contribution in [0.25, 0.3) is 0 Å². The zero-order chi connectivity index (χ0) is 12.8. The zero-order valence-electron chi connectivity index (χ0n) is 9.88. The largest absolute Gasteiger partial charge is 0.321 e. The molecule has 0 spiro atoms. The van der Waals surface area contributed by atoms with Crippen molar-refractivity contribution in [3.63, 3.8) is 0 Å². The molecule has 2 nitrogen and oxygen atoms in total. The Bertz CT molecular complexity index is 395. The fourth-order valence-electron chi connectivity index (χ4n) is 1.58. The van der Waals surface area contributed by atoms with E-state index >= 15 is 0 Å². The van der Waals surface area contributed by atoms with Crippen LogP contribution in [0.4, 0.5) is 4.39 Å². The fourth-order valence-corrected chi connectivity index (χ4v) is 1.97. The molecule has 0 aliphatic heterocycles. The molecule has 1 atom stereocenters. The van der Waals surface area contributed by atoms with Crippen LogP contribution in [0.5, 0.6) is 0 Å². The first-order chi connectivity index (χ1) is 8.04. The first-order valence-electron chi connectivity index (χ1n) is 5.76. The topological polar surface area (TPSA) is 43.1 Å². The molecule has 0 radical (unpaired) electrons. The van der Waals surface area contributed by atoms with Crippen LogP contribution in [0.3, 0.4) is 0 Å². The van der Waals surface area contributed by atoms with Gasteiger partial charge in [-0.2, -0.15) is 0 Å². The van der Waals surface area contributed by atoms with E-state index in [-0.39, 0.29) is 18.0 Å². The number of hydrogen-bond donors (Lipinski definition) is 1. The van der Waals surface area contributed by atoms with Gasteiger partial charge in [-0.15, -0.1) is 0 Å². The van der Waals surface area contributed by atoms with E-state index in [9.17, 15) is 9.18 Å². The van der Waals surface area contributed by atoms with E-state index in [2.05, 4.69) is 22.9 Å². The van der Waals surface area contributed by atoms with E-state index in [4.69, 9.17) is 5.73 Å². The zero-order valence-corrected chi connectivity index (χ0v) is 11.5. The van der Waals surface area contributed by atoms with Crippen molar-refractivity contribution in [1.82, 2.24) is 0 Å². The SMILES string of the molecule is CCCCC(N)C(=O)Cc1cc(F)ccc1Br. The number of rotatable bonds is 6. The highest BCUT2D eigenvalue weighted by atomic mass is 79.9. The molecule has 17 heavy (non-hydrogen) atoms. The van der Waals surface area contributed by atoms with Crippen LogP contribution in [0.1, 0.15) is 31.7 Å². The lowest BCUT2D eigenvalue weighted by Crippen LogP contribution is -2.31. The quantitative estimate of drug-likeness (QED) is 0.877. The summed E-state index contributed by atoms with van der Waals surface area (Å²) in [5.41, 5.74) is 6.44. The minimum atomic E-state index is -0.440. The van der Waals surface area contributed by atoms with Crippen LogP contribution in [0, 0.1) is 5.82 Å². The Balaban J connectivity index is 2.64. The summed E-state index contributed by atoms with van der Waals surface area (Å²) in [5.74, 6) is -0.372. The maximum absolute atomic E-state index is 13.0. The monoisotopic (exact) mass is 301 g/mol. The lowest BCUT2D eigenvalue weighted by Gasteiger charge is -2.10. The van der Waals surface area contributed by atoms with Crippen LogP contribution in [-0.4, -0.2) is 11.8 Å². The summed E-state index contributed by atoms with van der Waals surface area (Å²) in [6.45, 7) is 2.06. The molecule has 2 N–H and O–H groups in total. The number of Topliss-reactive ketones (excluding diaryl/α,β-unsaturated/α-hetero) is 1. The number of unbranched alkanes of at least 4 members (excludes halogenated alkanes) is 1. The Morgan fingerprint density at radius 3 is 2.88 bits per heavy atom. The third-order valence-electron chi connectivity index (χ3n) is 2.65. The lowest BCUT2D eigenvalue weighted by atomic mass is 10.0. The van der Waals surface area contributed by atoms with Crippen LogP contribution < -0.4 is 5.73 Å². The maximum atomic E-state index is 13.0. The Morgan fingerprint density at radius 2 is 2.24 bits per heavy atom. The predicted octanol–water partition coefficient (Wildman–Crippen LogP) is 3.22. The lowest BCUT2D eigenvalue weighted by molar-refractivity contribution is -0.119. The number of carbonyl (C=O) groups excluding carboxylic acids is 1. The first kappa shape index (κ1) is 14.3. The molecule has 94 valence electrons. The second kappa shape index (κ2) is 6.87. The van der Waals surface area contributed by atoms with Crippen molar-refractivity contribution >= 4 is 21.7 Å². The van der Waals surface area contributed by atoms with E-state index < -0.39 is 6.04 Å². The van der Waals surface area contributed by atoms with Crippen LogP contribution >= 0.6 is 15.9 Å². The molecule has 1 rings (SSSR count). The molecule has 0 amide bonds. The molecule has 1 unspecified atom stereocenters. The van der Waals surface area contributed by atoms with E-state index in [0.29, 0.717) is 12.0 Å². The number of benzene rings is 1. The minimum Gasteiger partial charge on any atom is -0.321 e. The number of ketones is 1. The van der Waals surface area contributed by atoms with Crippen molar-refractivity contribution < 1.29 is 9.18 Å². The molecule has 0 fully saturated rings. The minimum absolute atomic E-state index is 0.0373. The van der Waals surface area contributed by atoms with Crippen molar-refractivity contribution in [2.75, 3.05) is 0 Å². The van der Waals surface area contributed by atoms with Gasteiger partial charge >= 0.3 is 0 Å². The second-order valence-electron chi connectivity index (χ2n) is 4.13. The highest BCUT2D eigenvalue weighted by Gasteiger charge is 2.15. The molecular weight excluding hydrogens is 285 g/mol. The van der Waals surface area contributed by atoms with Crippen LogP contribution in [0.2, 0.25) is 0 Å². The molecule has 0 heterocycles. The standard InChI is InChI=1S/C13H17BrFNO/c1-2-3-4-12(16)13(17)8-9-7-10(15)5-6-11(9)14/h5-7,12H,2-4,8,16H2,1H3. The third kappa shape index (κ3) is 4.56. The summed E-state index contributed by atoms with van der Waals surface area (Å²) in [7, 11) is 0. The highest BCUT2D eigenvalue weighted by Crippen LogP contribution is 2.19. The van der Waals surface area contributed by atoms with Crippen LogP contribution in [-0.2, 0) is 11.2 Å². The molecule has 0 saturated carbocycles. The average molecular weight is 302 g/mol. The summed E-state index contributed by atoms with van der Waals surface area (Å²) in [5, 5.41) is 0. The van der Waals surface area contributed by atoms with Gasteiger partial charge in [0.2, 0.25) is 0 Å². The van der Waals surface area contributed by atoms with E-state index in [1.54, 1.807) is 6.07 Å². The summed E-state index contributed by atoms with van der Waals surface area (Å²) in [6.07, 6.45) is 2.84. The molecule has 1 aromatic rings. The van der Waals surface area contributed by atoms with Gasteiger partial charge in [0.15, 0.2) is 5.78 Å². The molecular formula is C13H17BrFNO. The van der Waals surface area contributed by atoms with Crippen molar-refractivity contribution in [3.8, 4) is 0 Å². The first-order valence-corrected chi connectivity index (χ1v) is 6.56. The van der Waals surface area contributed by atoms with Crippen LogP contribution in [0.15, 0.2) is 22.7 Å². The molecule has 0 aliphatic rings. The van der Waals surface area contributed by atoms with E-state index in [0.717, 1.165) is 17.3 Å². The Hall–Kier alpha value is -0.740. The van der Waals surface area contributed by atoms with Crippen molar-refractivity contribution in [2.45, 2.75) is 38.6 Å². The van der Waals surface area contributed by atoms with Gasteiger partial charge in [0.05, 0.1) is 6.04 Å². The molecule has 0 aliphatic carbocycles. The average Bonchev–Trinajstić information content (AvgIpc) is 2.30. The van der Waals surface area contributed by atoms with E-state index in [1.807, 2.05) is 0 Å². The van der Waals surface area contributed by atoms with Gasteiger partial charge in [0.25, 0.3) is 0 Å². The Morgan fingerprint density at radius 1 is 1.53 bits per heavy atom. The summed E-state index contributed by atoms with van der Waals surface area (Å²) in [4.78, 5) is 11.8. The fraction of sp³-hybridized carbons (Fsp3) is 0.462. The molecule has 0 saturated heterocycles. The second-order valence-corrected chi connectivity index (χ2v) is 4.98. The van der Waals surface area contributed by atoms with Gasteiger partial charge in [-0.05, 0) is 30.2 Å². The van der Waals surface area contributed by atoms with Gasteiger partial charge in [0.1, 0.15) is 5.82 Å². The molecule has 0 aromatic heterocycles. The van der Waals surface area contributed by atoms with Gasteiger partial charge < -0.3 is 5.73 Å². The van der Waals surface area contributed by atoms with Gasteiger partial charge in [-0.1, -0.05) is 35.7 Å². The smallest absolute Gasteiger partial charge is 0.153 e. The predicted molar refractivity (Wildman–Crippen MR) is 70.3 cm³/mol. The van der Waals surface area contributed by atoms with E-state index in [1.165, 1.54) is 12.1 Å². The number of halogens is 2. The van der Waals surface area contributed by atoms with Gasteiger partial charge in [-0.3, -0.25) is 4.79 Å². The summed E-state index contributed by atoms with van der Waals surface area (Å²) in [6, 6.07) is 3.89. The summed E-state index contributed by atoms with van der Waals surface area (Å²) < 4.78 is 13.8. The normalized spacial score (nSPS) is 12.5. The van der Waals surface area contributed by atoms with Gasteiger partial charge in [0, 0.05) is 10.9 Å². The van der Waals surface area contributed by atoms with Crippen molar-refractivity contribution in [1.29, 1.82) is 0 Å². The molecule has 4 heteroatoms. The van der Waals surface area contributed by atoms with Gasteiger partial charge in [-0.25, -0.2) is 4.39 Å². The van der Waals surface area contributed by atoms with Crippen molar-refractivity contribution in [3.05, 3.63) is 34.1 Å². The number of hydrogen-bond acceptors (Lipinski definition) is 2. The molecule has 1 aromatic carbocycles. The third-order valence-corrected chi connectivity index (χ3v) is 3.43. The summed E-state index contributed by atoms with van der Waals surface area (Å²) >= 11 is 3.30. The maximum Gasteiger partial charge on any atom is 0.153 e. The van der Waals surface area contributed by atoms with Crippen molar-refractivity contribution in [2.24, 2.45) is 5.73 Å². The number of carbonyl (C=O) groups is 1. The Labute approximate surface area is 110 Å².